The van der Waals surface area contributed by atoms with Gasteiger partial charge in [-0.2, -0.15) is 0 Å². The Morgan fingerprint density at radius 1 is 1.28 bits per heavy atom. The summed E-state index contributed by atoms with van der Waals surface area (Å²) in [6.45, 7) is 2.72. The Balaban J connectivity index is 0.00000162. The molecule has 0 fully saturated rings. The molecule has 1 N–H and O–H groups in total. The summed E-state index contributed by atoms with van der Waals surface area (Å²) in [5.41, 5.74) is 1.96. The quantitative estimate of drug-likeness (QED) is 0.924. The topological polar surface area (TPSA) is 55.1 Å². The van der Waals surface area contributed by atoms with Crippen molar-refractivity contribution in [2.75, 3.05) is 0 Å². The number of aliphatic carboxylic acids is 1. The first kappa shape index (κ1) is 14.3. The fourth-order valence-corrected chi connectivity index (χ4v) is 1.70. The summed E-state index contributed by atoms with van der Waals surface area (Å²) < 4.78 is 2.05. The first-order chi connectivity index (χ1) is 8.15. The first-order valence-corrected chi connectivity index (χ1v) is 5.42. The van der Waals surface area contributed by atoms with Crippen LogP contribution in [-0.4, -0.2) is 20.6 Å². The van der Waals surface area contributed by atoms with Crippen molar-refractivity contribution in [2.45, 2.75) is 19.9 Å². The van der Waals surface area contributed by atoms with Crippen LogP contribution in [0.3, 0.4) is 0 Å². The number of imidazole rings is 1. The third kappa shape index (κ3) is 3.60. The number of aryl methyl sites for hydroxylation is 1. The molecular formula is C13H15ClN2O2. The van der Waals surface area contributed by atoms with Gasteiger partial charge in [0.1, 0.15) is 5.82 Å². The fourth-order valence-electron chi connectivity index (χ4n) is 1.70. The van der Waals surface area contributed by atoms with Gasteiger partial charge >= 0.3 is 5.97 Å². The fraction of sp³-hybridized carbons (Fsp3) is 0.231. The number of carboxylic acid groups (broad SMARTS) is 1. The van der Waals surface area contributed by atoms with Gasteiger partial charge in [-0.25, -0.2) is 4.98 Å². The number of benzene rings is 1. The zero-order valence-corrected chi connectivity index (χ0v) is 10.9. The molecule has 5 heteroatoms. The number of hydrogen-bond acceptors (Lipinski definition) is 2. The van der Waals surface area contributed by atoms with E-state index < -0.39 is 5.97 Å². The lowest BCUT2D eigenvalue weighted by atomic mass is 10.1. The largest absolute Gasteiger partial charge is 0.481 e. The zero-order chi connectivity index (χ0) is 12.3. The second kappa shape index (κ2) is 6.21. The standard InChI is InChI=1S/C13H14N2O2.ClH/c1-10-14-6-7-15(10)9-12-4-2-11(3-5-12)8-13(16)17;/h2-7H,8-9H2,1H3,(H,16,17);1H. The number of rotatable bonds is 4. The third-order valence-electron chi connectivity index (χ3n) is 2.65. The van der Waals surface area contributed by atoms with E-state index in [2.05, 4.69) is 4.98 Å². The summed E-state index contributed by atoms with van der Waals surface area (Å²) in [4.78, 5) is 14.7. The highest BCUT2D eigenvalue weighted by Crippen LogP contribution is 2.08. The summed E-state index contributed by atoms with van der Waals surface area (Å²) >= 11 is 0. The Bertz CT molecular complexity index is 520. The van der Waals surface area contributed by atoms with Crippen molar-refractivity contribution in [2.24, 2.45) is 0 Å². The highest BCUT2D eigenvalue weighted by Gasteiger charge is 2.01. The molecule has 1 heterocycles. The van der Waals surface area contributed by atoms with Crippen LogP contribution in [0.15, 0.2) is 36.7 Å². The molecule has 1 aromatic carbocycles. The van der Waals surface area contributed by atoms with Gasteiger partial charge in [0.05, 0.1) is 6.42 Å². The lowest BCUT2D eigenvalue weighted by Crippen LogP contribution is -2.02. The van der Waals surface area contributed by atoms with Gasteiger partial charge in [-0.05, 0) is 18.1 Å². The van der Waals surface area contributed by atoms with Crippen LogP contribution < -0.4 is 0 Å². The minimum Gasteiger partial charge on any atom is -0.481 e. The maximum atomic E-state index is 10.5. The molecule has 4 nitrogen and oxygen atoms in total. The molecule has 2 rings (SSSR count). The Morgan fingerprint density at radius 2 is 1.89 bits per heavy atom. The van der Waals surface area contributed by atoms with E-state index >= 15 is 0 Å². The maximum absolute atomic E-state index is 10.5. The number of halogens is 1. The van der Waals surface area contributed by atoms with Gasteiger partial charge < -0.3 is 9.67 Å². The SMILES string of the molecule is Cc1nccn1Cc1ccc(CC(=O)O)cc1.Cl. The molecule has 0 aliphatic rings. The van der Waals surface area contributed by atoms with Crippen molar-refractivity contribution in [1.29, 1.82) is 0 Å². The van der Waals surface area contributed by atoms with E-state index in [4.69, 9.17) is 5.11 Å². The second-order valence-electron chi connectivity index (χ2n) is 3.99. The van der Waals surface area contributed by atoms with Gasteiger partial charge in [-0.3, -0.25) is 4.79 Å². The predicted molar refractivity (Wildman–Crippen MR) is 71.1 cm³/mol. The van der Waals surface area contributed by atoms with Crippen LogP contribution in [0.1, 0.15) is 17.0 Å². The van der Waals surface area contributed by atoms with Crippen molar-refractivity contribution >= 4 is 18.4 Å². The molecule has 0 unspecified atom stereocenters. The van der Waals surface area contributed by atoms with Crippen molar-refractivity contribution in [3.8, 4) is 0 Å². The summed E-state index contributed by atoms with van der Waals surface area (Å²) in [6.07, 6.45) is 3.78. The van der Waals surface area contributed by atoms with Crippen LogP contribution in [-0.2, 0) is 17.8 Å². The Labute approximate surface area is 112 Å². The third-order valence-corrected chi connectivity index (χ3v) is 2.65. The smallest absolute Gasteiger partial charge is 0.307 e. The summed E-state index contributed by atoms with van der Waals surface area (Å²) in [6, 6.07) is 7.63. The minimum atomic E-state index is -0.803. The summed E-state index contributed by atoms with van der Waals surface area (Å²) in [5, 5.41) is 8.67. The van der Waals surface area contributed by atoms with Gasteiger partial charge in [0.2, 0.25) is 0 Å². The monoisotopic (exact) mass is 266 g/mol. The molecule has 0 spiro atoms. The summed E-state index contributed by atoms with van der Waals surface area (Å²) in [7, 11) is 0. The minimum absolute atomic E-state index is 0. The van der Waals surface area contributed by atoms with Crippen LogP contribution in [0.2, 0.25) is 0 Å². The van der Waals surface area contributed by atoms with Crippen molar-refractivity contribution in [3.63, 3.8) is 0 Å². The molecule has 0 radical (unpaired) electrons. The van der Waals surface area contributed by atoms with E-state index in [1.54, 1.807) is 6.20 Å². The normalized spacial score (nSPS) is 9.83. The Morgan fingerprint density at radius 3 is 2.39 bits per heavy atom. The van der Waals surface area contributed by atoms with Crippen molar-refractivity contribution < 1.29 is 9.90 Å². The van der Waals surface area contributed by atoms with Gasteiger partial charge in [0.25, 0.3) is 0 Å². The number of carboxylic acids is 1. The van der Waals surface area contributed by atoms with Crippen LogP contribution in [0.5, 0.6) is 0 Å². The van der Waals surface area contributed by atoms with Gasteiger partial charge in [-0.1, -0.05) is 24.3 Å². The Hall–Kier alpha value is -1.81. The van der Waals surface area contributed by atoms with E-state index in [1.807, 2.05) is 42.0 Å². The number of carbonyl (C=O) groups is 1. The number of nitrogens with zero attached hydrogens (tertiary/aromatic N) is 2. The van der Waals surface area contributed by atoms with Crippen LogP contribution in [0, 0.1) is 6.92 Å². The molecule has 0 atom stereocenters. The highest BCUT2D eigenvalue weighted by molar-refractivity contribution is 5.85. The average molecular weight is 267 g/mol. The predicted octanol–water partition coefficient (Wildman–Crippen LogP) is 2.29. The van der Waals surface area contributed by atoms with Crippen molar-refractivity contribution in [1.82, 2.24) is 9.55 Å². The molecule has 18 heavy (non-hydrogen) atoms. The molecule has 0 amide bonds. The summed E-state index contributed by atoms with van der Waals surface area (Å²) in [5.74, 6) is 0.169. The first-order valence-electron chi connectivity index (χ1n) is 5.42. The van der Waals surface area contributed by atoms with E-state index in [-0.39, 0.29) is 18.8 Å². The molecule has 0 aliphatic carbocycles. The van der Waals surface area contributed by atoms with Crippen LogP contribution in [0.25, 0.3) is 0 Å². The average Bonchev–Trinajstić information content (AvgIpc) is 2.67. The molecule has 0 saturated carbocycles. The lowest BCUT2D eigenvalue weighted by Gasteiger charge is -2.05. The number of hydrogen-bond donors (Lipinski definition) is 1. The van der Waals surface area contributed by atoms with Gasteiger partial charge in [0, 0.05) is 18.9 Å². The molecule has 0 bridgehead atoms. The molecule has 1 aromatic heterocycles. The molecule has 96 valence electrons. The maximum Gasteiger partial charge on any atom is 0.307 e. The molecule has 0 saturated heterocycles. The Kier molecular flexibility index (Phi) is 4.92. The molecular weight excluding hydrogens is 252 g/mol. The zero-order valence-electron chi connectivity index (χ0n) is 10.0. The molecule has 0 aliphatic heterocycles. The van der Waals surface area contributed by atoms with E-state index in [0.717, 1.165) is 23.5 Å². The van der Waals surface area contributed by atoms with E-state index in [9.17, 15) is 4.79 Å². The lowest BCUT2D eigenvalue weighted by molar-refractivity contribution is -0.136. The second-order valence-corrected chi connectivity index (χ2v) is 3.99. The van der Waals surface area contributed by atoms with Gasteiger partial charge in [0.15, 0.2) is 0 Å². The van der Waals surface area contributed by atoms with E-state index in [1.165, 1.54) is 0 Å². The van der Waals surface area contributed by atoms with E-state index in [0.29, 0.717) is 0 Å². The number of aromatic nitrogens is 2. The van der Waals surface area contributed by atoms with Crippen LogP contribution >= 0.6 is 12.4 Å². The molecule has 2 aromatic rings. The van der Waals surface area contributed by atoms with Crippen LogP contribution in [0.4, 0.5) is 0 Å². The highest BCUT2D eigenvalue weighted by atomic mass is 35.5. The van der Waals surface area contributed by atoms with Gasteiger partial charge in [-0.15, -0.1) is 12.4 Å². The van der Waals surface area contributed by atoms with Crippen molar-refractivity contribution in [3.05, 3.63) is 53.6 Å².